The number of hydrogen-bond acceptors (Lipinski definition) is 6. The molecule has 0 unspecified atom stereocenters. The first-order valence-electron chi connectivity index (χ1n) is 4.98. The van der Waals surface area contributed by atoms with Crippen molar-refractivity contribution in [2.75, 3.05) is 40.1 Å². The van der Waals surface area contributed by atoms with E-state index < -0.39 is 13.8 Å². The van der Waals surface area contributed by atoms with E-state index in [1.54, 1.807) is 0 Å². The third kappa shape index (κ3) is 10.4. The first-order valence-corrected chi connectivity index (χ1v) is 6.51. The van der Waals surface area contributed by atoms with Crippen LogP contribution in [0.5, 0.6) is 0 Å². The fourth-order valence-corrected chi connectivity index (χ4v) is 1.15. The Morgan fingerprint density at radius 3 is 2.28 bits per heavy atom. The Morgan fingerprint density at radius 2 is 1.72 bits per heavy atom. The second-order valence-electron chi connectivity index (χ2n) is 3.08. The average Bonchev–Trinajstić information content (AvgIpc) is 2.29. The van der Waals surface area contributed by atoms with Gasteiger partial charge in [0.1, 0.15) is 0 Å². The molecule has 0 saturated carbocycles. The van der Waals surface area contributed by atoms with Crippen LogP contribution < -0.4 is 0 Å². The van der Waals surface area contributed by atoms with Gasteiger partial charge in [0.05, 0.1) is 45.7 Å². The van der Waals surface area contributed by atoms with Crippen LogP contribution in [0.15, 0.2) is 12.2 Å². The molecule has 106 valence electrons. The Kier molecular flexibility index (Phi) is 8.82. The number of rotatable bonds is 10. The molecule has 0 aromatic rings. The van der Waals surface area contributed by atoms with Gasteiger partial charge < -0.3 is 24.0 Å². The van der Waals surface area contributed by atoms with E-state index in [-0.39, 0.29) is 38.6 Å². The molecule has 8 nitrogen and oxygen atoms in total. The molecule has 2 N–H and O–H groups in total. The molecule has 0 atom stereocenters. The summed E-state index contributed by atoms with van der Waals surface area (Å²) < 4.78 is 28.8. The monoisotopic (exact) mass is 284 g/mol. The average molecular weight is 284 g/mol. The number of methoxy groups -OCH3 is 1. The van der Waals surface area contributed by atoms with Gasteiger partial charge >= 0.3 is 13.8 Å². The number of carbonyl (C=O) groups excluding carboxylic acids is 1. The second kappa shape index (κ2) is 9.21. The molecule has 0 aliphatic carbocycles. The van der Waals surface area contributed by atoms with E-state index in [1.807, 2.05) is 0 Å². The van der Waals surface area contributed by atoms with E-state index >= 15 is 0 Å². The molecular formula is C9H17O8P. The summed E-state index contributed by atoms with van der Waals surface area (Å²) in [5.41, 5.74) is 0.197. The molecule has 0 aliphatic heterocycles. The van der Waals surface area contributed by atoms with Crippen LogP contribution in [0.2, 0.25) is 0 Å². The first-order chi connectivity index (χ1) is 8.37. The zero-order valence-corrected chi connectivity index (χ0v) is 10.9. The molecular weight excluding hydrogens is 267 g/mol. The van der Waals surface area contributed by atoms with E-state index in [2.05, 4.69) is 15.8 Å². The highest BCUT2D eigenvalue weighted by molar-refractivity contribution is 7.46. The second-order valence-corrected chi connectivity index (χ2v) is 4.32. The topological polar surface area (TPSA) is 112 Å². The molecule has 0 aromatic carbocycles. The minimum absolute atomic E-state index is 0.0341. The number of hydrogen-bond donors (Lipinski definition) is 2. The summed E-state index contributed by atoms with van der Waals surface area (Å²) in [5.74, 6) is -0.536. The standard InChI is InChI=1S/C9H17O8P/c1-8(9(10)14-2)7-16-4-3-15-5-6-17-18(11,12)13/h1,3-7H2,2H3,(H2,11,12,13). The van der Waals surface area contributed by atoms with Crippen molar-refractivity contribution in [2.24, 2.45) is 0 Å². The lowest BCUT2D eigenvalue weighted by molar-refractivity contribution is -0.136. The molecule has 0 saturated heterocycles. The van der Waals surface area contributed by atoms with Crippen LogP contribution in [0.1, 0.15) is 0 Å². The van der Waals surface area contributed by atoms with Gasteiger partial charge in [-0.15, -0.1) is 0 Å². The molecule has 0 rings (SSSR count). The summed E-state index contributed by atoms with van der Waals surface area (Å²) in [5, 5.41) is 0. The predicted molar refractivity (Wildman–Crippen MR) is 60.8 cm³/mol. The fraction of sp³-hybridized carbons (Fsp3) is 0.667. The highest BCUT2D eigenvalue weighted by Gasteiger charge is 2.12. The van der Waals surface area contributed by atoms with Crippen LogP contribution >= 0.6 is 7.82 Å². The summed E-state index contributed by atoms with van der Waals surface area (Å²) in [7, 11) is -3.18. The van der Waals surface area contributed by atoms with Crippen molar-refractivity contribution in [3.63, 3.8) is 0 Å². The van der Waals surface area contributed by atoms with Gasteiger partial charge in [0.25, 0.3) is 0 Å². The van der Waals surface area contributed by atoms with Gasteiger partial charge in [0.2, 0.25) is 0 Å². The summed E-state index contributed by atoms with van der Waals surface area (Å²) in [6.45, 7) is 3.74. The molecule has 9 heteroatoms. The number of carbonyl (C=O) groups is 1. The van der Waals surface area contributed by atoms with Gasteiger partial charge in [-0.1, -0.05) is 6.58 Å². The van der Waals surface area contributed by atoms with Crippen LogP contribution in [-0.2, 0) is 28.1 Å². The predicted octanol–water partition coefficient (Wildman–Crippen LogP) is -0.142. The molecule has 18 heavy (non-hydrogen) atoms. The molecule has 0 heterocycles. The van der Waals surface area contributed by atoms with Gasteiger partial charge in [0, 0.05) is 0 Å². The van der Waals surface area contributed by atoms with Gasteiger partial charge in [0.15, 0.2) is 0 Å². The van der Waals surface area contributed by atoms with Crippen molar-refractivity contribution in [1.82, 2.24) is 0 Å². The normalized spacial score (nSPS) is 11.3. The zero-order valence-electron chi connectivity index (χ0n) is 10.0. The zero-order chi connectivity index (χ0) is 14.0. The Morgan fingerprint density at radius 1 is 1.17 bits per heavy atom. The number of phosphoric acid groups is 1. The molecule has 0 fully saturated rings. The maximum absolute atomic E-state index is 10.9. The van der Waals surface area contributed by atoms with Crippen molar-refractivity contribution in [3.8, 4) is 0 Å². The Hall–Kier alpha value is -0.760. The van der Waals surface area contributed by atoms with Crippen molar-refractivity contribution < 1.29 is 37.9 Å². The third-order valence-corrected chi connectivity index (χ3v) is 2.13. The lowest BCUT2D eigenvalue weighted by atomic mass is 10.3. The number of phosphoric ester groups is 1. The van der Waals surface area contributed by atoms with Gasteiger partial charge in [-0.2, -0.15) is 0 Å². The quantitative estimate of drug-likeness (QED) is 0.247. The van der Waals surface area contributed by atoms with E-state index in [4.69, 9.17) is 19.3 Å². The number of ether oxygens (including phenoxy) is 3. The largest absolute Gasteiger partial charge is 0.469 e. The van der Waals surface area contributed by atoms with E-state index in [0.29, 0.717) is 0 Å². The van der Waals surface area contributed by atoms with Crippen molar-refractivity contribution in [2.45, 2.75) is 0 Å². The van der Waals surface area contributed by atoms with Crippen LogP contribution in [-0.4, -0.2) is 55.9 Å². The minimum Gasteiger partial charge on any atom is -0.466 e. The summed E-state index contributed by atoms with van der Waals surface area (Å²) >= 11 is 0. The molecule has 0 radical (unpaired) electrons. The lowest BCUT2D eigenvalue weighted by Gasteiger charge is -2.07. The molecule has 0 amide bonds. The summed E-state index contributed by atoms with van der Waals surface area (Å²) in [6, 6.07) is 0. The molecule has 0 bridgehead atoms. The molecule has 0 spiro atoms. The summed E-state index contributed by atoms with van der Waals surface area (Å²) in [6.07, 6.45) is 0. The van der Waals surface area contributed by atoms with Crippen LogP contribution in [0.25, 0.3) is 0 Å². The van der Waals surface area contributed by atoms with Crippen molar-refractivity contribution in [1.29, 1.82) is 0 Å². The lowest BCUT2D eigenvalue weighted by Crippen LogP contribution is -2.13. The highest BCUT2D eigenvalue weighted by Crippen LogP contribution is 2.35. The van der Waals surface area contributed by atoms with Crippen LogP contribution in [0.3, 0.4) is 0 Å². The fourth-order valence-electron chi connectivity index (χ4n) is 0.834. The summed E-state index contributed by atoms with van der Waals surface area (Å²) in [4.78, 5) is 27.6. The maximum Gasteiger partial charge on any atom is 0.469 e. The third-order valence-electron chi connectivity index (χ3n) is 1.61. The molecule has 0 aliphatic rings. The van der Waals surface area contributed by atoms with E-state index in [0.717, 1.165) is 0 Å². The van der Waals surface area contributed by atoms with Gasteiger partial charge in [-0.25, -0.2) is 9.36 Å². The Bertz CT molecular complexity index is 310. The van der Waals surface area contributed by atoms with E-state index in [9.17, 15) is 9.36 Å². The minimum atomic E-state index is -4.43. The maximum atomic E-state index is 10.9. The number of esters is 1. The smallest absolute Gasteiger partial charge is 0.466 e. The Balaban J connectivity index is 3.34. The highest BCUT2D eigenvalue weighted by atomic mass is 31.2. The van der Waals surface area contributed by atoms with Crippen LogP contribution in [0.4, 0.5) is 0 Å². The van der Waals surface area contributed by atoms with Gasteiger partial charge in [-0.3, -0.25) is 4.52 Å². The molecule has 0 aromatic heterocycles. The van der Waals surface area contributed by atoms with Crippen LogP contribution in [0, 0.1) is 0 Å². The Labute approximate surface area is 105 Å². The van der Waals surface area contributed by atoms with E-state index in [1.165, 1.54) is 7.11 Å². The van der Waals surface area contributed by atoms with Crippen molar-refractivity contribution >= 4 is 13.8 Å². The SMILES string of the molecule is C=C(COCCOCCOP(=O)(O)O)C(=O)OC. The van der Waals surface area contributed by atoms with Gasteiger partial charge in [-0.05, 0) is 0 Å². The van der Waals surface area contributed by atoms with Crippen molar-refractivity contribution in [3.05, 3.63) is 12.2 Å². The first kappa shape index (κ1) is 17.2.